The molecule has 1 N–H and O–H groups in total. The third-order valence-corrected chi connectivity index (χ3v) is 3.31. The van der Waals surface area contributed by atoms with Gasteiger partial charge in [0.25, 0.3) is 0 Å². The summed E-state index contributed by atoms with van der Waals surface area (Å²) in [5.41, 5.74) is 2.62. The molecule has 0 unspecified atom stereocenters. The molecule has 1 aromatic rings. The van der Waals surface area contributed by atoms with Crippen LogP contribution in [0, 0.1) is 5.92 Å². The predicted octanol–water partition coefficient (Wildman–Crippen LogP) is 2.11. The summed E-state index contributed by atoms with van der Waals surface area (Å²) in [4.78, 5) is 4.10. The third kappa shape index (κ3) is 1.26. The average molecular weight is 207 g/mol. The quantitative estimate of drug-likeness (QED) is 0.712. The minimum Gasteiger partial charge on any atom is -0.310 e. The molecule has 0 radical (unpaired) electrons. The van der Waals surface area contributed by atoms with Crippen LogP contribution in [0.3, 0.4) is 0 Å². The van der Waals surface area contributed by atoms with E-state index in [0.29, 0.717) is 11.2 Å². The second-order valence-electron chi connectivity index (χ2n) is 3.96. The number of aromatic nitrogens is 1. The Hall–Kier alpha value is -0.860. The molecule has 2 heterocycles. The molecule has 1 fully saturated rings. The molecule has 3 rings (SSSR count). The SMILES string of the molecule is Clc1ccc(C2=C[C@@H]3NC[C@@H]3C2)cn1. The van der Waals surface area contributed by atoms with E-state index < -0.39 is 0 Å². The maximum atomic E-state index is 5.75. The first kappa shape index (κ1) is 8.45. The zero-order chi connectivity index (χ0) is 9.54. The number of allylic oxidation sites excluding steroid dienone is 1. The van der Waals surface area contributed by atoms with Crippen LogP contribution < -0.4 is 5.32 Å². The van der Waals surface area contributed by atoms with Gasteiger partial charge in [-0.15, -0.1) is 0 Å². The van der Waals surface area contributed by atoms with Gasteiger partial charge in [-0.05, 0) is 29.5 Å². The molecule has 2 nitrogen and oxygen atoms in total. The molecule has 1 saturated heterocycles. The Bertz CT molecular complexity index is 383. The molecule has 1 aliphatic heterocycles. The summed E-state index contributed by atoms with van der Waals surface area (Å²) < 4.78 is 0. The Kier molecular flexibility index (Phi) is 1.85. The Morgan fingerprint density at radius 2 is 2.36 bits per heavy atom. The van der Waals surface area contributed by atoms with Crippen LogP contribution in [-0.2, 0) is 0 Å². The number of rotatable bonds is 1. The zero-order valence-corrected chi connectivity index (χ0v) is 8.46. The third-order valence-electron chi connectivity index (χ3n) is 3.08. The van der Waals surface area contributed by atoms with Crippen LogP contribution in [0.5, 0.6) is 0 Å². The molecule has 14 heavy (non-hydrogen) atoms. The van der Waals surface area contributed by atoms with Gasteiger partial charge in [-0.25, -0.2) is 4.98 Å². The van der Waals surface area contributed by atoms with Crippen molar-refractivity contribution < 1.29 is 0 Å². The van der Waals surface area contributed by atoms with Gasteiger partial charge in [0.2, 0.25) is 0 Å². The summed E-state index contributed by atoms with van der Waals surface area (Å²) in [7, 11) is 0. The molecule has 0 amide bonds. The molecule has 72 valence electrons. The van der Waals surface area contributed by atoms with Gasteiger partial charge in [-0.1, -0.05) is 23.7 Å². The van der Waals surface area contributed by atoms with Gasteiger partial charge >= 0.3 is 0 Å². The topological polar surface area (TPSA) is 24.9 Å². The van der Waals surface area contributed by atoms with Gasteiger partial charge in [0, 0.05) is 18.8 Å². The van der Waals surface area contributed by atoms with Crippen LogP contribution in [0.1, 0.15) is 12.0 Å². The number of nitrogens with zero attached hydrogens (tertiary/aromatic N) is 1. The minimum atomic E-state index is 0.563. The molecular weight excluding hydrogens is 196 g/mol. The smallest absolute Gasteiger partial charge is 0.129 e. The fraction of sp³-hybridized carbons (Fsp3) is 0.364. The van der Waals surface area contributed by atoms with Crippen molar-refractivity contribution in [3.63, 3.8) is 0 Å². The first-order valence-electron chi connectivity index (χ1n) is 4.89. The number of hydrogen-bond donors (Lipinski definition) is 1. The molecule has 2 aliphatic rings. The summed E-state index contributed by atoms with van der Waals surface area (Å²) in [5.74, 6) is 0.820. The summed E-state index contributed by atoms with van der Waals surface area (Å²) in [6.45, 7) is 1.16. The van der Waals surface area contributed by atoms with Crippen molar-refractivity contribution in [1.29, 1.82) is 0 Å². The molecule has 0 spiro atoms. The maximum Gasteiger partial charge on any atom is 0.129 e. The Labute approximate surface area is 88.0 Å². The highest BCUT2D eigenvalue weighted by molar-refractivity contribution is 6.29. The van der Waals surface area contributed by atoms with Crippen molar-refractivity contribution in [3.05, 3.63) is 35.1 Å². The Morgan fingerprint density at radius 1 is 1.43 bits per heavy atom. The van der Waals surface area contributed by atoms with E-state index in [-0.39, 0.29) is 0 Å². The Balaban J connectivity index is 1.89. The van der Waals surface area contributed by atoms with Crippen molar-refractivity contribution >= 4 is 17.2 Å². The standard InChI is InChI=1S/C11H11ClN2/c12-11-2-1-7(5-14-11)8-3-9-6-13-10(9)4-8/h1-2,4-5,9-10,13H,3,6H2/t9-,10-/m0/s1. The summed E-state index contributed by atoms with van der Waals surface area (Å²) in [5, 5.41) is 3.96. The van der Waals surface area contributed by atoms with Crippen molar-refractivity contribution in [2.75, 3.05) is 6.54 Å². The number of fused-ring (bicyclic) bond motifs is 1. The van der Waals surface area contributed by atoms with Crippen LogP contribution >= 0.6 is 11.6 Å². The number of hydrogen-bond acceptors (Lipinski definition) is 2. The molecule has 1 aliphatic carbocycles. The lowest BCUT2D eigenvalue weighted by Gasteiger charge is -2.31. The summed E-state index contributed by atoms with van der Waals surface area (Å²) in [6.07, 6.45) is 5.36. The first-order chi connectivity index (χ1) is 6.83. The number of pyridine rings is 1. The van der Waals surface area contributed by atoms with Gasteiger partial charge in [0.15, 0.2) is 0 Å². The van der Waals surface area contributed by atoms with E-state index in [1.807, 2.05) is 18.3 Å². The highest BCUT2D eigenvalue weighted by Gasteiger charge is 2.34. The van der Waals surface area contributed by atoms with Crippen molar-refractivity contribution in [2.24, 2.45) is 5.92 Å². The van der Waals surface area contributed by atoms with Crippen LogP contribution in [0.25, 0.3) is 5.57 Å². The lowest BCUT2D eigenvalue weighted by molar-refractivity contribution is 0.301. The second-order valence-corrected chi connectivity index (χ2v) is 4.35. The zero-order valence-electron chi connectivity index (χ0n) is 7.70. The predicted molar refractivity (Wildman–Crippen MR) is 57.1 cm³/mol. The molecule has 0 bridgehead atoms. The van der Waals surface area contributed by atoms with Crippen LogP contribution in [0.4, 0.5) is 0 Å². The normalized spacial score (nSPS) is 29.4. The maximum absolute atomic E-state index is 5.75. The van der Waals surface area contributed by atoms with E-state index in [9.17, 15) is 0 Å². The van der Waals surface area contributed by atoms with Gasteiger partial charge < -0.3 is 5.32 Å². The molecule has 0 saturated carbocycles. The largest absolute Gasteiger partial charge is 0.310 e. The fourth-order valence-corrected chi connectivity index (χ4v) is 2.27. The average Bonchev–Trinajstić information content (AvgIpc) is 2.45. The summed E-state index contributed by atoms with van der Waals surface area (Å²) >= 11 is 5.75. The van der Waals surface area contributed by atoms with E-state index in [2.05, 4.69) is 16.4 Å². The van der Waals surface area contributed by atoms with Crippen molar-refractivity contribution in [2.45, 2.75) is 12.5 Å². The molecule has 1 aromatic heterocycles. The van der Waals surface area contributed by atoms with Crippen LogP contribution in [0.15, 0.2) is 24.4 Å². The van der Waals surface area contributed by atoms with Gasteiger partial charge in [-0.3, -0.25) is 0 Å². The van der Waals surface area contributed by atoms with Crippen LogP contribution in [0.2, 0.25) is 5.15 Å². The molecule has 3 heteroatoms. The van der Waals surface area contributed by atoms with E-state index in [1.54, 1.807) is 0 Å². The van der Waals surface area contributed by atoms with Gasteiger partial charge in [-0.2, -0.15) is 0 Å². The van der Waals surface area contributed by atoms with Crippen molar-refractivity contribution in [1.82, 2.24) is 10.3 Å². The fourth-order valence-electron chi connectivity index (χ4n) is 2.16. The highest BCUT2D eigenvalue weighted by atomic mass is 35.5. The second kappa shape index (κ2) is 3.07. The molecule has 0 aromatic carbocycles. The van der Waals surface area contributed by atoms with Crippen molar-refractivity contribution in [3.8, 4) is 0 Å². The number of halogens is 1. The Morgan fingerprint density at radius 3 is 2.86 bits per heavy atom. The van der Waals surface area contributed by atoms with E-state index in [4.69, 9.17) is 11.6 Å². The van der Waals surface area contributed by atoms with Crippen LogP contribution in [-0.4, -0.2) is 17.6 Å². The minimum absolute atomic E-state index is 0.563. The molecule has 2 atom stereocenters. The van der Waals surface area contributed by atoms with E-state index in [1.165, 1.54) is 17.6 Å². The first-order valence-corrected chi connectivity index (χ1v) is 5.27. The lowest BCUT2D eigenvalue weighted by atomic mass is 9.94. The summed E-state index contributed by atoms with van der Waals surface area (Å²) in [6, 6.07) is 4.51. The van der Waals surface area contributed by atoms with Gasteiger partial charge in [0.05, 0.1) is 0 Å². The number of nitrogens with one attached hydrogen (secondary N) is 1. The lowest BCUT2D eigenvalue weighted by Crippen LogP contribution is -2.49. The van der Waals surface area contributed by atoms with Gasteiger partial charge in [0.1, 0.15) is 5.15 Å². The van der Waals surface area contributed by atoms with E-state index >= 15 is 0 Å². The highest BCUT2D eigenvalue weighted by Crippen LogP contribution is 2.36. The van der Waals surface area contributed by atoms with E-state index in [0.717, 1.165) is 12.5 Å². The molecular formula is C11H11ClN2. The monoisotopic (exact) mass is 206 g/mol.